The van der Waals surface area contributed by atoms with E-state index in [9.17, 15) is 0 Å². The average molecular weight is 465 g/mol. The second kappa shape index (κ2) is 11.1. The average Bonchev–Trinajstić information content (AvgIpc) is 3.19. The molecule has 10 heteroatoms. The Balaban J connectivity index is 1.62. The van der Waals surface area contributed by atoms with Crippen molar-refractivity contribution in [1.29, 1.82) is 10.8 Å². The zero-order valence-electron chi connectivity index (χ0n) is 19.4. The monoisotopic (exact) mass is 464 g/mol. The van der Waals surface area contributed by atoms with Gasteiger partial charge in [-0.3, -0.25) is 5.41 Å². The summed E-state index contributed by atoms with van der Waals surface area (Å²) in [6.07, 6.45) is 8.09. The summed E-state index contributed by atoms with van der Waals surface area (Å²) in [5.41, 5.74) is 3.37. The number of aromatic nitrogens is 2. The molecule has 1 aromatic carbocycles. The van der Waals surface area contributed by atoms with Gasteiger partial charge in [-0.25, -0.2) is 9.98 Å². The van der Waals surface area contributed by atoms with Gasteiger partial charge in [-0.2, -0.15) is 0 Å². The van der Waals surface area contributed by atoms with Gasteiger partial charge in [-0.1, -0.05) is 6.07 Å². The van der Waals surface area contributed by atoms with Crippen LogP contribution in [0.5, 0.6) is 5.75 Å². The van der Waals surface area contributed by atoms with Crippen LogP contribution in [-0.4, -0.2) is 83.9 Å². The zero-order valence-corrected chi connectivity index (χ0v) is 19.4. The van der Waals surface area contributed by atoms with E-state index >= 15 is 0 Å². The second-order valence-corrected chi connectivity index (χ2v) is 8.43. The van der Waals surface area contributed by atoms with Crippen LogP contribution in [0.4, 0.5) is 0 Å². The summed E-state index contributed by atoms with van der Waals surface area (Å²) in [4.78, 5) is 11.2. The van der Waals surface area contributed by atoms with Crippen LogP contribution in [0.15, 0.2) is 35.5 Å². The molecule has 34 heavy (non-hydrogen) atoms. The normalized spacial score (nSPS) is 17.2. The number of imidazole rings is 1. The van der Waals surface area contributed by atoms with Gasteiger partial charge in [-0.15, -0.1) is 0 Å². The summed E-state index contributed by atoms with van der Waals surface area (Å²) >= 11 is 0. The summed E-state index contributed by atoms with van der Waals surface area (Å²) in [5.74, 6) is 1.95. The summed E-state index contributed by atoms with van der Waals surface area (Å²) in [5, 5.41) is 30.8. The Morgan fingerprint density at radius 2 is 2.12 bits per heavy atom. The van der Waals surface area contributed by atoms with E-state index in [0.29, 0.717) is 37.3 Å². The number of aliphatic hydroxyl groups is 1. The first-order valence-corrected chi connectivity index (χ1v) is 11.6. The molecule has 0 saturated carbocycles. The predicted molar refractivity (Wildman–Crippen MR) is 134 cm³/mol. The molecule has 0 unspecified atom stereocenters. The van der Waals surface area contributed by atoms with Gasteiger partial charge in [0.05, 0.1) is 18.7 Å². The topological polar surface area (TPSA) is 135 Å². The Hall–Kier alpha value is -3.50. The number of ether oxygens (including phenoxy) is 1. The van der Waals surface area contributed by atoms with E-state index < -0.39 is 0 Å². The number of nitrogens with one attached hydrogen (secondary N) is 4. The van der Waals surface area contributed by atoms with Crippen molar-refractivity contribution in [2.24, 2.45) is 4.99 Å². The predicted octanol–water partition coefficient (Wildman–Crippen LogP) is 1.55. The van der Waals surface area contributed by atoms with Crippen molar-refractivity contribution in [2.45, 2.75) is 25.4 Å². The molecule has 0 bridgehead atoms. The maximum absolute atomic E-state index is 9.14. The van der Waals surface area contributed by atoms with Crippen molar-refractivity contribution in [1.82, 2.24) is 25.1 Å². The molecule has 0 radical (unpaired) electrons. The minimum absolute atomic E-state index is 0.0404. The summed E-state index contributed by atoms with van der Waals surface area (Å²) in [6.45, 7) is 3.52. The molecule has 1 saturated heterocycles. The largest absolute Gasteiger partial charge is 0.491 e. The molecule has 0 spiro atoms. The fourth-order valence-corrected chi connectivity index (χ4v) is 4.29. The van der Waals surface area contributed by atoms with Gasteiger partial charge >= 0.3 is 0 Å². The number of likely N-dealkylation sites (tertiary alicyclic amines) is 1. The van der Waals surface area contributed by atoms with E-state index in [-0.39, 0.29) is 6.61 Å². The fraction of sp³-hybridized carbons (Fsp3) is 0.417. The lowest BCUT2D eigenvalue weighted by molar-refractivity contribution is 0.245. The highest BCUT2D eigenvalue weighted by atomic mass is 16.5. The van der Waals surface area contributed by atoms with E-state index in [2.05, 4.69) is 27.6 Å². The van der Waals surface area contributed by atoms with E-state index in [1.54, 1.807) is 6.08 Å². The number of fused-ring (bicyclic) bond motifs is 3. The van der Waals surface area contributed by atoms with E-state index in [1.807, 2.05) is 29.0 Å². The highest BCUT2D eigenvalue weighted by Crippen LogP contribution is 2.34. The van der Waals surface area contributed by atoms with Gasteiger partial charge in [0.25, 0.3) is 0 Å². The third kappa shape index (κ3) is 5.35. The molecule has 0 atom stereocenters. The minimum Gasteiger partial charge on any atom is -0.491 e. The maximum Gasteiger partial charge on any atom is 0.155 e. The fourth-order valence-electron chi connectivity index (χ4n) is 4.29. The van der Waals surface area contributed by atoms with E-state index in [4.69, 9.17) is 25.6 Å². The highest BCUT2D eigenvalue weighted by Gasteiger charge is 2.22. The zero-order chi connectivity index (χ0) is 23.9. The van der Waals surface area contributed by atoms with Crippen LogP contribution < -0.4 is 15.4 Å². The standard InChI is InChI=1S/C24H32N8O2/c1-31-9-5-18(6-10-31)29-20(4-7-25)17-2-3-19-22(14-17)34-13-11-32-15-21(30-24(19)32)23(28-16-26)27-8-12-33/h2-4,7,14-16,18,25,29,33H,5-6,8-13H2,1H3,(H2,26,27,28)/b20-4-,25-7?. The molecule has 0 aliphatic carbocycles. The Kier molecular flexibility index (Phi) is 7.71. The van der Waals surface area contributed by atoms with Crippen LogP contribution in [0.25, 0.3) is 17.1 Å². The maximum atomic E-state index is 9.14. The third-order valence-corrected chi connectivity index (χ3v) is 6.07. The first kappa shape index (κ1) is 23.7. The quantitative estimate of drug-likeness (QED) is 0.297. The SMILES string of the molecule is CN1CCC(N/C(=C\C=N)c2ccc3c(c2)OCCn2cc(/C(=N/C=N)NCCO)nc2-3)CC1. The number of hydrogen-bond donors (Lipinski definition) is 5. The number of piperidine rings is 1. The molecule has 0 amide bonds. The molecule has 180 valence electrons. The van der Waals surface area contributed by atoms with Crippen molar-refractivity contribution >= 4 is 24.1 Å². The number of hydrogen-bond acceptors (Lipinski definition) is 7. The number of nitrogens with zero attached hydrogens (tertiary/aromatic N) is 4. The van der Waals surface area contributed by atoms with Crippen LogP contribution in [-0.2, 0) is 6.54 Å². The molecule has 1 aromatic heterocycles. The summed E-state index contributed by atoms with van der Waals surface area (Å²) in [6, 6.07) is 6.41. The number of amidine groups is 1. The van der Waals surface area contributed by atoms with Crippen LogP contribution in [0, 0.1) is 10.8 Å². The van der Waals surface area contributed by atoms with Crippen molar-refractivity contribution in [3.05, 3.63) is 41.7 Å². The van der Waals surface area contributed by atoms with Crippen LogP contribution in [0.3, 0.4) is 0 Å². The van der Waals surface area contributed by atoms with Crippen molar-refractivity contribution < 1.29 is 9.84 Å². The van der Waals surface area contributed by atoms with E-state index in [0.717, 1.165) is 60.7 Å². The van der Waals surface area contributed by atoms with Crippen molar-refractivity contribution in [2.75, 3.05) is 39.9 Å². The Morgan fingerprint density at radius 3 is 2.85 bits per heavy atom. The number of rotatable bonds is 8. The Bertz CT molecular complexity index is 1080. The number of benzene rings is 1. The number of aliphatic hydroxyl groups excluding tert-OH is 1. The van der Waals surface area contributed by atoms with Crippen molar-refractivity contribution in [3.63, 3.8) is 0 Å². The van der Waals surface area contributed by atoms with Crippen LogP contribution in [0.2, 0.25) is 0 Å². The second-order valence-electron chi connectivity index (χ2n) is 8.43. The molecule has 1 fully saturated rings. The first-order chi connectivity index (χ1) is 16.6. The molecular weight excluding hydrogens is 432 g/mol. The smallest absolute Gasteiger partial charge is 0.155 e. The lowest BCUT2D eigenvalue weighted by Crippen LogP contribution is -2.40. The summed E-state index contributed by atoms with van der Waals surface area (Å²) in [7, 11) is 2.15. The van der Waals surface area contributed by atoms with Gasteiger partial charge in [0, 0.05) is 36.3 Å². The Labute approximate surface area is 199 Å². The lowest BCUT2D eigenvalue weighted by Gasteiger charge is -2.31. The van der Waals surface area contributed by atoms with Gasteiger partial charge in [0.2, 0.25) is 0 Å². The van der Waals surface area contributed by atoms with Gasteiger partial charge < -0.3 is 35.4 Å². The summed E-state index contributed by atoms with van der Waals surface area (Å²) < 4.78 is 8.10. The Morgan fingerprint density at radius 1 is 1.29 bits per heavy atom. The van der Waals surface area contributed by atoms with Crippen LogP contribution >= 0.6 is 0 Å². The molecule has 3 heterocycles. The molecule has 2 aliphatic rings. The van der Waals surface area contributed by atoms with Gasteiger partial charge in [0.15, 0.2) is 5.84 Å². The number of aliphatic imine (C=N–C) groups is 1. The van der Waals surface area contributed by atoms with Gasteiger partial charge in [-0.05, 0) is 51.2 Å². The van der Waals surface area contributed by atoms with Gasteiger partial charge in [0.1, 0.15) is 30.2 Å². The highest BCUT2D eigenvalue weighted by molar-refractivity contribution is 6.01. The molecule has 2 aliphatic heterocycles. The number of allylic oxidation sites excluding steroid dienone is 1. The van der Waals surface area contributed by atoms with Crippen molar-refractivity contribution in [3.8, 4) is 17.1 Å². The third-order valence-electron chi connectivity index (χ3n) is 6.07. The lowest BCUT2D eigenvalue weighted by atomic mass is 10.0. The van der Waals surface area contributed by atoms with E-state index in [1.165, 1.54) is 6.21 Å². The first-order valence-electron chi connectivity index (χ1n) is 11.6. The molecule has 5 N–H and O–H groups in total. The molecule has 10 nitrogen and oxygen atoms in total. The van der Waals surface area contributed by atoms with Crippen LogP contribution in [0.1, 0.15) is 24.1 Å². The molecular formula is C24H32N8O2. The minimum atomic E-state index is -0.0404. The molecule has 4 rings (SSSR count). The molecule has 2 aromatic rings.